The molecular weight excluding hydrogens is 282 g/mol. The smallest absolute Gasteiger partial charge is 0.411 e. The van der Waals surface area contributed by atoms with Crippen LogP contribution < -0.4 is 0 Å². The van der Waals surface area contributed by atoms with Gasteiger partial charge in [-0.05, 0) is 45.1 Å². The number of likely N-dealkylation sites (tertiary alicyclic amines) is 1. The molecule has 1 aromatic rings. The Morgan fingerprint density at radius 3 is 2.45 bits per heavy atom. The second-order valence-corrected chi connectivity index (χ2v) is 6.70. The number of benzene rings is 1. The minimum Gasteiger partial charge on any atom is -0.480 e. The summed E-state index contributed by atoms with van der Waals surface area (Å²) in [6.45, 7) is 5.75. The third kappa shape index (κ3) is 4.00. The molecule has 0 aromatic heterocycles. The highest BCUT2D eigenvalue weighted by molar-refractivity contribution is 5.81. The summed E-state index contributed by atoms with van der Waals surface area (Å²) in [5.74, 6) is -1.06. The van der Waals surface area contributed by atoms with Crippen molar-refractivity contribution in [2.45, 2.75) is 45.3 Å². The molecule has 1 heterocycles. The number of nitrogens with zero attached hydrogens (tertiary/aromatic N) is 1. The summed E-state index contributed by atoms with van der Waals surface area (Å²) in [5, 5.41) is 9.53. The van der Waals surface area contributed by atoms with Crippen molar-refractivity contribution in [1.82, 2.24) is 4.90 Å². The monoisotopic (exact) mass is 305 g/mol. The predicted octanol–water partition coefficient (Wildman–Crippen LogP) is 2.94. The fraction of sp³-hybridized carbons (Fsp3) is 0.529. The maximum Gasteiger partial charge on any atom is 0.411 e. The van der Waals surface area contributed by atoms with Crippen molar-refractivity contribution in [2.75, 3.05) is 6.54 Å². The number of rotatable bonds is 3. The highest BCUT2D eigenvalue weighted by atomic mass is 16.6. The minimum absolute atomic E-state index is 0.0904. The van der Waals surface area contributed by atoms with E-state index in [1.807, 2.05) is 30.3 Å². The lowest BCUT2D eigenvalue weighted by atomic mass is 9.92. The van der Waals surface area contributed by atoms with Crippen molar-refractivity contribution in [1.29, 1.82) is 0 Å². The van der Waals surface area contributed by atoms with Crippen LogP contribution in [0.25, 0.3) is 0 Å². The van der Waals surface area contributed by atoms with Crippen molar-refractivity contribution in [2.24, 2.45) is 5.92 Å². The molecule has 0 aliphatic carbocycles. The Bertz CT molecular complexity index is 535. The molecule has 1 aromatic carbocycles. The molecule has 1 saturated heterocycles. The Kier molecular flexibility index (Phi) is 4.74. The number of aliphatic carboxylic acids is 1. The maximum absolute atomic E-state index is 12.2. The predicted molar refractivity (Wildman–Crippen MR) is 82.6 cm³/mol. The van der Waals surface area contributed by atoms with E-state index in [0.717, 1.165) is 5.56 Å². The summed E-state index contributed by atoms with van der Waals surface area (Å²) < 4.78 is 5.32. The van der Waals surface area contributed by atoms with E-state index in [2.05, 4.69) is 0 Å². The Morgan fingerprint density at radius 1 is 1.27 bits per heavy atom. The van der Waals surface area contributed by atoms with Gasteiger partial charge in [0.1, 0.15) is 11.6 Å². The third-order valence-electron chi connectivity index (χ3n) is 3.74. The quantitative estimate of drug-likeness (QED) is 0.932. The van der Waals surface area contributed by atoms with Gasteiger partial charge in [0.05, 0.1) is 0 Å². The highest BCUT2D eigenvalue weighted by Gasteiger charge is 2.43. The zero-order valence-electron chi connectivity index (χ0n) is 13.3. The number of amides is 1. The van der Waals surface area contributed by atoms with Gasteiger partial charge < -0.3 is 9.84 Å². The van der Waals surface area contributed by atoms with Crippen molar-refractivity contribution in [3.05, 3.63) is 35.9 Å². The molecule has 5 nitrogen and oxygen atoms in total. The van der Waals surface area contributed by atoms with Crippen molar-refractivity contribution < 1.29 is 19.4 Å². The van der Waals surface area contributed by atoms with Crippen LogP contribution in [0.4, 0.5) is 4.79 Å². The van der Waals surface area contributed by atoms with Crippen molar-refractivity contribution >= 4 is 12.1 Å². The van der Waals surface area contributed by atoms with E-state index in [0.29, 0.717) is 19.4 Å². The maximum atomic E-state index is 12.2. The SMILES string of the molecule is CC(C)(C)OC(=O)N1CC[C@H](Cc2ccccc2)[C@@H]1C(=O)O. The first-order valence-electron chi connectivity index (χ1n) is 7.54. The van der Waals surface area contributed by atoms with Gasteiger partial charge in [0.15, 0.2) is 0 Å². The summed E-state index contributed by atoms with van der Waals surface area (Å²) in [7, 11) is 0. The highest BCUT2D eigenvalue weighted by Crippen LogP contribution is 2.29. The molecule has 1 amide bonds. The molecule has 0 radical (unpaired) electrons. The lowest BCUT2D eigenvalue weighted by molar-refractivity contribution is -0.143. The molecule has 0 bridgehead atoms. The summed E-state index contributed by atoms with van der Waals surface area (Å²) in [4.78, 5) is 25.2. The number of carbonyl (C=O) groups excluding carboxylic acids is 1. The van der Waals surface area contributed by atoms with E-state index >= 15 is 0 Å². The molecule has 0 saturated carbocycles. The van der Waals surface area contributed by atoms with Gasteiger partial charge >= 0.3 is 12.1 Å². The van der Waals surface area contributed by atoms with Crippen LogP contribution in [0.1, 0.15) is 32.8 Å². The number of carboxylic acids is 1. The number of carbonyl (C=O) groups is 2. The Morgan fingerprint density at radius 2 is 1.91 bits per heavy atom. The molecule has 2 rings (SSSR count). The van der Waals surface area contributed by atoms with Gasteiger partial charge in [-0.15, -0.1) is 0 Å². The first-order chi connectivity index (χ1) is 10.3. The number of ether oxygens (including phenoxy) is 1. The zero-order chi connectivity index (χ0) is 16.3. The Hall–Kier alpha value is -2.04. The molecule has 5 heteroatoms. The average molecular weight is 305 g/mol. The average Bonchev–Trinajstić information content (AvgIpc) is 2.82. The van der Waals surface area contributed by atoms with Gasteiger partial charge in [0.2, 0.25) is 0 Å². The fourth-order valence-electron chi connectivity index (χ4n) is 2.85. The Labute approximate surface area is 130 Å². The normalized spacial score (nSPS) is 21.7. The molecule has 0 unspecified atom stereocenters. The third-order valence-corrected chi connectivity index (χ3v) is 3.74. The van der Waals surface area contributed by atoms with Crippen LogP contribution in [0.2, 0.25) is 0 Å². The lowest BCUT2D eigenvalue weighted by Crippen LogP contribution is -2.45. The van der Waals surface area contributed by atoms with Crippen molar-refractivity contribution in [3.63, 3.8) is 0 Å². The van der Waals surface area contributed by atoms with Crippen LogP contribution in [-0.4, -0.2) is 40.3 Å². The van der Waals surface area contributed by atoms with E-state index in [1.165, 1.54) is 4.90 Å². The van der Waals surface area contributed by atoms with Crippen molar-refractivity contribution in [3.8, 4) is 0 Å². The first kappa shape index (κ1) is 16.3. The second-order valence-electron chi connectivity index (χ2n) is 6.70. The van der Waals surface area contributed by atoms with Crippen LogP contribution in [0, 0.1) is 5.92 Å². The van der Waals surface area contributed by atoms with Crippen LogP contribution in [0.3, 0.4) is 0 Å². The summed E-state index contributed by atoms with van der Waals surface area (Å²) >= 11 is 0. The zero-order valence-corrected chi connectivity index (χ0v) is 13.3. The summed E-state index contributed by atoms with van der Waals surface area (Å²) in [6, 6.07) is 8.94. The molecule has 0 spiro atoms. The van der Waals surface area contributed by atoms with Gasteiger partial charge in [-0.2, -0.15) is 0 Å². The summed E-state index contributed by atoms with van der Waals surface area (Å²) in [5.41, 5.74) is 0.460. The second kappa shape index (κ2) is 6.38. The van der Waals surface area contributed by atoms with Gasteiger partial charge in [-0.1, -0.05) is 30.3 Å². The molecule has 120 valence electrons. The number of hydrogen-bond acceptors (Lipinski definition) is 3. The topological polar surface area (TPSA) is 66.8 Å². The largest absolute Gasteiger partial charge is 0.480 e. The van der Waals surface area contributed by atoms with Crippen LogP contribution >= 0.6 is 0 Å². The molecule has 1 aliphatic rings. The lowest BCUT2D eigenvalue weighted by Gasteiger charge is -2.28. The van der Waals surface area contributed by atoms with Crippen LogP contribution in [0.15, 0.2) is 30.3 Å². The van der Waals surface area contributed by atoms with E-state index in [9.17, 15) is 14.7 Å². The molecule has 2 atom stereocenters. The summed E-state index contributed by atoms with van der Waals surface area (Å²) in [6.07, 6.45) is 0.776. The number of hydrogen-bond donors (Lipinski definition) is 1. The van der Waals surface area contributed by atoms with Gasteiger partial charge in [-0.25, -0.2) is 9.59 Å². The van der Waals surface area contributed by atoms with E-state index in [4.69, 9.17) is 4.74 Å². The van der Waals surface area contributed by atoms with Gasteiger partial charge in [0, 0.05) is 6.54 Å². The molecule has 1 aliphatic heterocycles. The number of carboxylic acid groups (broad SMARTS) is 1. The molecular formula is C17H23NO4. The first-order valence-corrected chi connectivity index (χ1v) is 7.54. The molecule has 1 N–H and O–H groups in total. The minimum atomic E-state index is -0.968. The standard InChI is InChI=1S/C17H23NO4/c1-17(2,3)22-16(21)18-10-9-13(14(18)15(19)20)11-12-7-5-4-6-8-12/h4-8,13-14H,9-11H2,1-3H3,(H,19,20)/t13-,14-/m1/s1. The van der Waals surface area contributed by atoms with Crippen LogP contribution in [0.5, 0.6) is 0 Å². The van der Waals surface area contributed by atoms with Crippen LogP contribution in [-0.2, 0) is 16.0 Å². The van der Waals surface area contributed by atoms with E-state index < -0.39 is 23.7 Å². The fourth-order valence-corrected chi connectivity index (χ4v) is 2.85. The van der Waals surface area contributed by atoms with Gasteiger partial charge in [-0.3, -0.25) is 4.90 Å². The molecule has 1 fully saturated rings. The van der Waals surface area contributed by atoms with E-state index in [-0.39, 0.29) is 5.92 Å². The van der Waals surface area contributed by atoms with Gasteiger partial charge in [0.25, 0.3) is 0 Å². The van der Waals surface area contributed by atoms with E-state index in [1.54, 1.807) is 20.8 Å². The Balaban J connectivity index is 2.11. The molecule has 22 heavy (non-hydrogen) atoms.